The van der Waals surface area contributed by atoms with Gasteiger partial charge in [0.1, 0.15) is 30.2 Å². The predicted molar refractivity (Wildman–Crippen MR) is 209 cm³/mol. The largest absolute Gasteiger partial charge is 0.391 e. The van der Waals surface area contributed by atoms with Gasteiger partial charge in [-0.2, -0.15) is 0 Å². The quantitative estimate of drug-likeness (QED) is 0.0427. The van der Waals surface area contributed by atoms with E-state index in [9.17, 15) is 38.7 Å². The number of benzene rings is 1. The lowest BCUT2D eigenvalue weighted by atomic mass is 10.0. The highest BCUT2D eigenvalue weighted by Gasteiger charge is 2.45. The number of aliphatic hydroxyl groups is 1. The maximum atomic E-state index is 13.3. The van der Waals surface area contributed by atoms with E-state index in [4.69, 9.17) is 22.9 Å². The number of primary amides is 1. The van der Waals surface area contributed by atoms with Crippen LogP contribution in [0, 0.1) is 17.8 Å². The first-order valence-electron chi connectivity index (χ1n) is 19.2. The maximum absolute atomic E-state index is 13.3. The average Bonchev–Trinajstić information content (AvgIpc) is 3.97. The molecule has 0 spiro atoms. The first-order valence-corrected chi connectivity index (χ1v) is 19.2. The fourth-order valence-corrected chi connectivity index (χ4v) is 6.24. The number of aliphatic hydroxyl groups excluding tert-OH is 1. The molecular formula is C37H63N11O8. The number of amides is 7. The minimum atomic E-state index is -1.45. The third-order valence-electron chi connectivity index (χ3n) is 9.70. The van der Waals surface area contributed by atoms with Crippen molar-refractivity contribution in [3.8, 4) is 0 Å². The summed E-state index contributed by atoms with van der Waals surface area (Å²) in [5, 5.41) is 28.9. The van der Waals surface area contributed by atoms with E-state index in [0.29, 0.717) is 5.92 Å². The smallest absolute Gasteiger partial charge is 0.245 e. The van der Waals surface area contributed by atoms with Crippen molar-refractivity contribution in [2.45, 2.75) is 102 Å². The number of carbonyl (C=O) groups excluding carboxylic acids is 7. The van der Waals surface area contributed by atoms with Crippen LogP contribution in [-0.4, -0.2) is 122 Å². The second-order valence-electron chi connectivity index (χ2n) is 14.5. The van der Waals surface area contributed by atoms with Crippen molar-refractivity contribution in [2.24, 2.45) is 40.7 Å². The van der Waals surface area contributed by atoms with Crippen LogP contribution in [0.25, 0.3) is 0 Å². The van der Waals surface area contributed by atoms with Crippen molar-refractivity contribution < 1.29 is 38.7 Å². The van der Waals surface area contributed by atoms with Crippen LogP contribution in [0.4, 0.5) is 0 Å². The van der Waals surface area contributed by atoms with E-state index in [1.807, 2.05) is 19.9 Å². The zero-order valence-electron chi connectivity index (χ0n) is 32.8. The van der Waals surface area contributed by atoms with Crippen LogP contribution in [0.5, 0.6) is 0 Å². The maximum Gasteiger partial charge on any atom is 0.245 e. The Labute approximate surface area is 328 Å². The first kappa shape index (κ1) is 47.5. The third kappa shape index (κ3) is 15.4. The average molecular weight is 790 g/mol. The minimum absolute atomic E-state index is 0.00333. The summed E-state index contributed by atoms with van der Waals surface area (Å²) in [6.45, 7) is 5.40. The molecule has 1 aliphatic carbocycles. The van der Waals surface area contributed by atoms with E-state index < -0.39 is 77.8 Å². The Bertz CT molecular complexity index is 1460. The fourth-order valence-electron chi connectivity index (χ4n) is 6.24. The standard InChI is InChI=1S/C37H63N11O8/c1-20(2)23-19-24(23)32(51)44-26(10-14-38)34(53)46-28(12-16-40)36(55)48-30(21(3)49)37(56)43-17-13-25(42-4)33(52)45-27(11-15-39)35(54)47-29(31(41)50)18-22-8-6-5-7-9-22/h5-9,20-21,23-30,42,49H,10-19,38-40H2,1-4H3,(H2,41,50)(H,43,56)(H,44,51)(H,45,52)(H,46,53)(H,47,54)(H,48,55). The fraction of sp³-hybridized carbons (Fsp3) is 0.649. The Morgan fingerprint density at radius 1 is 0.679 bits per heavy atom. The number of rotatable bonds is 26. The number of carbonyl (C=O) groups is 7. The van der Waals surface area contributed by atoms with Crippen molar-refractivity contribution in [3.05, 3.63) is 35.9 Å². The molecular weight excluding hydrogens is 726 g/mol. The summed E-state index contributed by atoms with van der Waals surface area (Å²) in [5.74, 6) is -4.07. The highest BCUT2D eigenvalue weighted by atomic mass is 16.3. The van der Waals surface area contributed by atoms with Crippen molar-refractivity contribution in [1.29, 1.82) is 0 Å². The molecule has 7 amide bonds. The summed E-state index contributed by atoms with van der Waals surface area (Å²) in [7, 11) is 1.51. The molecule has 16 N–H and O–H groups in total. The van der Waals surface area contributed by atoms with Gasteiger partial charge in [-0.25, -0.2) is 0 Å². The van der Waals surface area contributed by atoms with E-state index in [1.54, 1.807) is 24.3 Å². The molecule has 0 radical (unpaired) electrons. The van der Waals surface area contributed by atoms with Gasteiger partial charge in [-0.05, 0) is 83.1 Å². The molecule has 9 unspecified atom stereocenters. The Morgan fingerprint density at radius 2 is 1.16 bits per heavy atom. The highest BCUT2D eigenvalue weighted by Crippen LogP contribution is 2.44. The SMILES string of the molecule is CNC(CCNC(=O)C(NC(=O)C(CCN)NC(=O)C(CCN)NC(=O)C1CC1C(C)C)C(C)O)C(=O)NC(CCN)C(=O)NC(Cc1ccccc1)C(N)=O. The van der Waals surface area contributed by atoms with Crippen LogP contribution in [0.1, 0.15) is 58.4 Å². The molecule has 1 saturated carbocycles. The Balaban J connectivity index is 1.99. The molecule has 1 aromatic rings. The van der Waals surface area contributed by atoms with Crippen LogP contribution in [0.15, 0.2) is 30.3 Å². The van der Waals surface area contributed by atoms with Gasteiger partial charge in [0, 0.05) is 18.9 Å². The minimum Gasteiger partial charge on any atom is -0.391 e. The molecule has 56 heavy (non-hydrogen) atoms. The van der Waals surface area contributed by atoms with Crippen molar-refractivity contribution in [1.82, 2.24) is 37.2 Å². The van der Waals surface area contributed by atoms with Crippen LogP contribution in [0.3, 0.4) is 0 Å². The van der Waals surface area contributed by atoms with E-state index in [2.05, 4.69) is 37.2 Å². The molecule has 314 valence electrons. The molecule has 0 heterocycles. The monoisotopic (exact) mass is 789 g/mol. The number of hydrogen-bond donors (Lipinski definition) is 12. The first-order chi connectivity index (χ1) is 26.6. The van der Waals surface area contributed by atoms with Crippen molar-refractivity contribution >= 4 is 41.4 Å². The summed E-state index contributed by atoms with van der Waals surface area (Å²) in [4.78, 5) is 91.0. The molecule has 0 aliphatic heterocycles. The van der Waals surface area contributed by atoms with Gasteiger partial charge in [-0.15, -0.1) is 0 Å². The zero-order valence-corrected chi connectivity index (χ0v) is 32.8. The van der Waals surface area contributed by atoms with E-state index in [0.717, 1.165) is 12.0 Å². The van der Waals surface area contributed by atoms with E-state index >= 15 is 0 Å². The molecule has 19 heteroatoms. The summed E-state index contributed by atoms with van der Waals surface area (Å²) in [5.41, 5.74) is 23.4. The lowest BCUT2D eigenvalue weighted by Crippen LogP contribution is -2.59. The molecule has 1 aromatic carbocycles. The zero-order chi connectivity index (χ0) is 41.9. The molecule has 1 aliphatic rings. The molecule has 0 saturated heterocycles. The van der Waals surface area contributed by atoms with Gasteiger partial charge < -0.3 is 65.3 Å². The summed E-state index contributed by atoms with van der Waals surface area (Å²) in [6.07, 6.45) is -0.278. The molecule has 1 fully saturated rings. The van der Waals surface area contributed by atoms with Gasteiger partial charge in [0.05, 0.1) is 12.1 Å². The van der Waals surface area contributed by atoms with Gasteiger partial charge in [-0.3, -0.25) is 33.6 Å². The molecule has 2 rings (SSSR count). The van der Waals surface area contributed by atoms with Crippen LogP contribution < -0.4 is 60.2 Å². The lowest BCUT2D eigenvalue weighted by Gasteiger charge is -2.26. The summed E-state index contributed by atoms with van der Waals surface area (Å²) >= 11 is 0. The third-order valence-corrected chi connectivity index (χ3v) is 9.70. The highest BCUT2D eigenvalue weighted by molar-refractivity contribution is 5.95. The summed E-state index contributed by atoms with van der Waals surface area (Å²) < 4.78 is 0. The lowest BCUT2D eigenvalue weighted by molar-refractivity contribution is -0.135. The molecule has 0 aromatic heterocycles. The Kier molecular flexibility index (Phi) is 20.4. The topological polar surface area (TPSA) is 328 Å². The van der Waals surface area contributed by atoms with Crippen molar-refractivity contribution in [3.63, 3.8) is 0 Å². The second kappa shape index (κ2) is 24.1. The van der Waals surface area contributed by atoms with Crippen LogP contribution >= 0.6 is 0 Å². The van der Waals surface area contributed by atoms with Gasteiger partial charge in [0.15, 0.2) is 0 Å². The van der Waals surface area contributed by atoms with Gasteiger partial charge in [-0.1, -0.05) is 44.2 Å². The summed E-state index contributed by atoms with van der Waals surface area (Å²) in [6, 6.07) is 2.29. The number of likely N-dealkylation sites (N-methyl/N-ethyl adjacent to an activating group) is 1. The van der Waals surface area contributed by atoms with E-state index in [-0.39, 0.29) is 76.0 Å². The van der Waals surface area contributed by atoms with Gasteiger partial charge in [0.25, 0.3) is 0 Å². The van der Waals surface area contributed by atoms with Gasteiger partial charge >= 0.3 is 0 Å². The number of nitrogens with two attached hydrogens (primary N) is 4. The normalized spacial score (nSPS) is 18.5. The molecule has 19 nitrogen and oxygen atoms in total. The van der Waals surface area contributed by atoms with Crippen molar-refractivity contribution in [2.75, 3.05) is 33.2 Å². The number of hydrogen-bond acceptors (Lipinski definition) is 12. The molecule has 9 atom stereocenters. The number of nitrogens with one attached hydrogen (secondary N) is 7. The van der Waals surface area contributed by atoms with Gasteiger partial charge in [0.2, 0.25) is 41.4 Å². The Morgan fingerprint density at radius 3 is 1.61 bits per heavy atom. The van der Waals surface area contributed by atoms with Crippen LogP contribution in [-0.2, 0) is 40.0 Å². The second-order valence-corrected chi connectivity index (χ2v) is 14.5. The Hall–Kier alpha value is -4.69. The van der Waals surface area contributed by atoms with E-state index in [1.165, 1.54) is 14.0 Å². The predicted octanol–water partition coefficient (Wildman–Crippen LogP) is -4.05. The van der Waals surface area contributed by atoms with Crippen LogP contribution in [0.2, 0.25) is 0 Å². The molecule has 0 bridgehead atoms.